The molecule has 0 saturated carbocycles. The molecule has 0 saturated heterocycles. The number of aromatic nitrogens is 1. The smallest absolute Gasteiger partial charge is 0.255 e. The van der Waals surface area contributed by atoms with E-state index in [1.165, 1.54) is 12.1 Å². The van der Waals surface area contributed by atoms with Crippen LogP contribution in [-0.2, 0) is 0 Å². The summed E-state index contributed by atoms with van der Waals surface area (Å²) in [6, 6.07) is 9.28. The van der Waals surface area contributed by atoms with Crippen molar-refractivity contribution in [3.8, 4) is 11.3 Å². The molecule has 0 radical (unpaired) electrons. The van der Waals surface area contributed by atoms with Crippen LogP contribution in [0.4, 0.5) is 10.1 Å². The molecule has 0 fully saturated rings. The van der Waals surface area contributed by atoms with Crippen molar-refractivity contribution in [2.45, 2.75) is 0 Å². The fourth-order valence-corrected chi connectivity index (χ4v) is 2.73. The number of pyridine rings is 1. The van der Waals surface area contributed by atoms with Gasteiger partial charge in [-0.1, -0.05) is 11.6 Å². The number of nitrogens with one attached hydrogen (secondary N) is 1. The molecule has 3 aromatic rings. The Kier molecular flexibility index (Phi) is 4.18. The van der Waals surface area contributed by atoms with Gasteiger partial charge in [-0.05, 0) is 41.8 Å². The fraction of sp³-hybridized carbons (Fsp3) is 0. The van der Waals surface area contributed by atoms with Gasteiger partial charge in [-0.3, -0.25) is 9.78 Å². The second kappa shape index (κ2) is 6.25. The Hall–Kier alpha value is -2.24. The van der Waals surface area contributed by atoms with Crippen LogP contribution in [0.25, 0.3) is 11.3 Å². The first-order valence-corrected chi connectivity index (χ1v) is 7.70. The summed E-state index contributed by atoms with van der Waals surface area (Å²) in [5, 5.41) is 6.69. The van der Waals surface area contributed by atoms with Gasteiger partial charge in [-0.2, -0.15) is 11.3 Å². The van der Waals surface area contributed by atoms with E-state index in [1.807, 2.05) is 16.8 Å². The Bertz CT molecular complexity index is 821. The largest absolute Gasteiger partial charge is 0.319 e. The Morgan fingerprint density at radius 3 is 2.82 bits per heavy atom. The van der Waals surface area contributed by atoms with Crippen LogP contribution < -0.4 is 5.32 Å². The SMILES string of the molecule is O=C(Nc1ccc(Cl)cc1F)c1ccnc(-c2ccsc2)c1. The number of rotatable bonds is 3. The lowest BCUT2D eigenvalue weighted by molar-refractivity contribution is 0.102. The van der Waals surface area contributed by atoms with E-state index >= 15 is 0 Å². The van der Waals surface area contributed by atoms with Gasteiger partial charge in [0.25, 0.3) is 5.91 Å². The Balaban J connectivity index is 1.85. The summed E-state index contributed by atoms with van der Waals surface area (Å²) in [7, 11) is 0. The van der Waals surface area contributed by atoms with Gasteiger partial charge < -0.3 is 5.32 Å². The molecule has 0 spiro atoms. The summed E-state index contributed by atoms with van der Waals surface area (Å²) >= 11 is 7.24. The Labute approximate surface area is 135 Å². The van der Waals surface area contributed by atoms with E-state index in [-0.39, 0.29) is 10.7 Å². The summed E-state index contributed by atoms with van der Waals surface area (Å²) in [4.78, 5) is 16.5. The second-order valence-corrected chi connectivity index (χ2v) is 5.74. The Morgan fingerprint density at radius 1 is 1.23 bits per heavy atom. The first-order chi connectivity index (χ1) is 10.6. The van der Waals surface area contributed by atoms with Crippen LogP contribution in [0.1, 0.15) is 10.4 Å². The van der Waals surface area contributed by atoms with Crippen LogP contribution in [-0.4, -0.2) is 10.9 Å². The first kappa shape index (κ1) is 14.7. The lowest BCUT2D eigenvalue weighted by atomic mass is 10.1. The zero-order valence-electron chi connectivity index (χ0n) is 11.2. The molecule has 0 aliphatic heterocycles. The lowest BCUT2D eigenvalue weighted by Gasteiger charge is -2.07. The summed E-state index contributed by atoms with van der Waals surface area (Å²) in [5.74, 6) is -0.979. The number of nitrogens with zero attached hydrogens (tertiary/aromatic N) is 1. The van der Waals surface area contributed by atoms with Crippen LogP contribution in [0.15, 0.2) is 53.4 Å². The molecule has 1 aromatic carbocycles. The van der Waals surface area contributed by atoms with Crippen molar-refractivity contribution in [1.29, 1.82) is 0 Å². The summed E-state index contributed by atoms with van der Waals surface area (Å²) in [6.45, 7) is 0. The summed E-state index contributed by atoms with van der Waals surface area (Å²) in [5.41, 5.74) is 2.14. The van der Waals surface area contributed by atoms with E-state index in [0.717, 1.165) is 11.6 Å². The monoisotopic (exact) mass is 332 g/mol. The zero-order valence-corrected chi connectivity index (χ0v) is 12.8. The third-order valence-corrected chi connectivity index (χ3v) is 3.94. The number of carbonyl (C=O) groups excluding carboxylic acids is 1. The molecule has 0 bridgehead atoms. The lowest BCUT2D eigenvalue weighted by Crippen LogP contribution is -2.13. The van der Waals surface area contributed by atoms with E-state index in [0.29, 0.717) is 11.3 Å². The van der Waals surface area contributed by atoms with Gasteiger partial charge >= 0.3 is 0 Å². The first-order valence-electron chi connectivity index (χ1n) is 6.38. The van der Waals surface area contributed by atoms with E-state index in [2.05, 4.69) is 10.3 Å². The molecule has 6 heteroatoms. The highest BCUT2D eigenvalue weighted by molar-refractivity contribution is 7.08. The highest BCUT2D eigenvalue weighted by Gasteiger charge is 2.11. The van der Waals surface area contributed by atoms with Crippen molar-refractivity contribution in [3.63, 3.8) is 0 Å². The molecule has 110 valence electrons. The topological polar surface area (TPSA) is 42.0 Å². The molecule has 2 aromatic heterocycles. The minimum atomic E-state index is -0.576. The average molecular weight is 333 g/mol. The van der Waals surface area contributed by atoms with Crippen molar-refractivity contribution < 1.29 is 9.18 Å². The van der Waals surface area contributed by atoms with Gasteiger partial charge in [0.2, 0.25) is 0 Å². The third-order valence-electron chi connectivity index (χ3n) is 3.02. The summed E-state index contributed by atoms with van der Waals surface area (Å²) < 4.78 is 13.7. The van der Waals surface area contributed by atoms with Crippen LogP contribution in [0.2, 0.25) is 5.02 Å². The number of benzene rings is 1. The van der Waals surface area contributed by atoms with Gasteiger partial charge in [-0.15, -0.1) is 0 Å². The fourth-order valence-electron chi connectivity index (χ4n) is 1.93. The van der Waals surface area contributed by atoms with Crippen molar-refractivity contribution in [2.75, 3.05) is 5.32 Å². The van der Waals surface area contributed by atoms with Gasteiger partial charge in [0.05, 0.1) is 11.4 Å². The van der Waals surface area contributed by atoms with E-state index < -0.39 is 11.7 Å². The predicted octanol–water partition coefficient (Wildman–Crippen LogP) is 4.85. The molecular formula is C16H10ClFN2OS. The van der Waals surface area contributed by atoms with E-state index in [1.54, 1.807) is 29.7 Å². The average Bonchev–Trinajstić information content (AvgIpc) is 3.04. The molecule has 2 heterocycles. The molecule has 3 rings (SSSR count). The van der Waals surface area contributed by atoms with E-state index in [4.69, 9.17) is 11.6 Å². The zero-order chi connectivity index (χ0) is 15.5. The molecule has 0 aliphatic carbocycles. The maximum atomic E-state index is 13.7. The maximum Gasteiger partial charge on any atom is 0.255 e. The summed E-state index contributed by atoms with van der Waals surface area (Å²) in [6.07, 6.45) is 1.56. The second-order valence-electron chi connectivity index (χ2n) is 4.52. The number of amides is 1. The molecule has 22 heavy (non-hydrogen) atoms. The third kappa shape index (κ3) is 3.16. The van der Waals surface area contributed by atoms with Crippen LogP contribution in [0.5, 0.6) is 0 Å². The number of hydrogen-bond donors (Lipinski definition) is 1. The standard InChI is InChI=1S/C16H10ClFN2OS/c17-12-1-2-14(13(18)8-12)20-16(21)10-3-5-19-15(7-10)11-4-6-22-9-11/h1-9H,(H,20,21). The normalized spacial score (nSPS) is 10.5. The molecule has 1 amide bonds. The van der Waals surface area contributed by atoms with Gasteiger partial charge in [0, 0.05) is 27.7 Å². The van der Waals surface area contributed by atoms with Crippen LogP contribution >= 0.6 is 22.9 Å². The van der Waals surface area contributed by atoms with Gasteiger partial charge in [0.1, 0.15) is 5.82 Å². The van der Waals surface area contributed by atoms with Crippen molar-refractivity contribution in [2.24, 2.45) is 0 Å². The predicted molar refractivity (Wildman–Crippen MR) is 86.9 cm³/mol. The number of hydrogen-bond acceptors (Lipinski definition) is 3. The number of thiophene rings is 1. The van der Waals surface area contributed by atoms with Crippen LogP contribution in [0.3, 0.4) is 0 Å². The number of carbonyl (C=O) groups is 1. The highest BCUT2D eigenvalue weighted by atomic mass is 35.5. The minimum absolute atomic E-state index is 0.0864. The van der Waals surface area contributed by atoms with E-state index in [9.17, 15) is 9.18 Å². The molecule has 1 N–H and O–H groups in total. The molecule has 0 unspecified atom stereocenters. The molecular weight excluding hydrogens is 323 g/mol. The number of halogens is 2. The molecule has 3 nitrogen and oxygen atoms in total. The quantitative estimate of drug-likeness (QED) is 0.744. The molecule has 0 aliphatic rings. The van der Waals surface area contributed by atoms with Crippen molar-refractivity contribution in [1.82, 2.24) is 4.98 Å². The van der Waals surface area contributed by atoms with Crippen molar-refractivity contribution in [3.05, 3.63) is 69.8 Å². The van der Waals surface area contributed by atoms with Gasteiger partial charge in [0.15, 0.2) is 0 Å². The minimum Gasteiger partial charge on any atom is -0.319 e. The molecule has 0 atom stereocenters. The van der Waals surface area contributed by atoms with Crippen LogP contribution in [0, 0.1) is 5.82 Å². The number of anilines is 1. The Morgan fingerprint density at radius 2 is 2.09 bits per heavy atom. The van der Waals surface area contributed by atoms with Gasteiger partial charge in [-0.25, -0.2) is 4.39 Å². The highest BCUT2D eigenvalue weighted by Crippen LogP contribution is 2.22. The maximum absolute atomic E-state index is 13.7. The van der Waals surface area contributed by atoms with Crippen molar-refractivity contribution >= 4 is 34.5 Å².